The van der Waals surface area contributed by atoms with Crippen molar-refractivity contribution in [1.82, 2.24) is 10.2 Å². The Morgan fingerprint density at radius 1 is 1.30 bits per heavy atom. The van der Waals surface area contributed by atoms with Gasteiger partial charge in [-0.25, -0.2) is 9.59 Å². The van der Waals surface area contributed by atoms with Gasteiger partial charge in [-0.05, 0) is 46.5 Å². The summed E-state index contributed by atoms with van der Waals surface area (Å²) in [6.45, 7) is 7.73. The highest BCUT2D eigenvalue weighted by Crippen LogP contribution is 2.20. The zero-order chi connectivity index (χ0) is 17.6. The molecule has 2 N–H and O–H groups in total. The van der Waals surface area contributed by atoms with E-state index in [2.05, 4.69) is 5.32 Å². The lowest BCUT2D eigenvalue weighted by Crippen LogP contribution is -2.49. The highest BCUT2D eigenvalue weighted by atomic mass is 16.6. The van der Waals surface area contributed by atoms with Crippen LogP contribution in [-0.2, 0) is 14.3 Å². The lowest BCUT2D eigenvalue weighted by Gasteiger charge is -2.36. The Balaban J connectivity index is 2.66. The highest BCUT2D eigenvalue weighted by Gasteiger charge is 2.31. The molecule has 0 aromatic heterocycles. The number of alkyl carbamates (subject to hydrolysis) is 1. The van der Waals surface area contributed by atoms with Crippen molar-refractivity contribution in [1.29, 1.82) is 0 Å². The second-order valence-electron chi connectivity index (χ2n) is 6.89. The van der Waals surface area contributed by atoms with E-state index in [1.54, 1.807) is 25.7 Å². The zero-order valence-corrected chi connectivity index (χ0v) is 14.4. The third-order valence-electron chi connectivity index (χ3n) is 3.79. The summed E-state index contributed by atoms with van der Waals surface area (Å²) >= 11 is 0. The molecule has 0 aromatic rings. The molecule has 1 rings (SSSR count). The summed E-state index contributed by atoms with van der Waals surface area (Å²) in [5, 5.41) is 11.5. The number of ether oxygens (including phenoxy) is 1. The van der Waals surface area contributed by atoms with Gasteiger partial charge in [0.05, 0.1) is 6.42 Å². The first-order valence-corrected chi connectivity index (χ1v) is 8.16. The minimum atomic E-state index is -1.28. The number of amides is 2. The van der Waals surface area contributed by atoms with Gasteiger partial charge in [-0.3, -0.25) is 4.79 Å². The van der Waals surface area contributed by atoms with Gasteiger partial charge in [-0.2, -0.15) is 0 Å². The van der Waals surface area contributed by atoms with E-state index in [9.17, 15) is 19.5 Å². The average molecular weight is 328 g/mol. The van der Waals surface area contributed by atoms with Gasteiger partial charge >= 0.3 is 12.1 Å². The molecule has 2 atom stereocenters. The van der Waals surface area contributed by atoms with Crippen LogP contribution in [0.15, 0.2) is 0 Å². The zero-order valence-electron chi connectivity index (χ0n) is 14.4. The number of carboxylic acid groups (broad SMARTS) is 1. The topological polar surface area (TPSA) is 95.9 Å². The number of carboxylic acids is 1. The predicted molar refractivity (Wildman–Crippen MR) is 85.1 cm³/mol. The van der Waals surface area contributed by atoms with Crippen molar-refractivity contribution in [3.8, 4) is 0 Å². The van der Waals surface area contributed by atoms with Crippen molar-refractivity contribution in [3.05, 3.63) is 0 Å². The van der Waals surface area contributed by atoms with Crippen LogP contribution in [0.2, 0.25) is 0 Å². The van der Waals surface area contributed by atoms with Crippen LogP contribution in [0.1, 0.15) is 59.8 Å². The molecule has 7 nitrogen and oxygen atoms in total. The quantitative estimate of drug-likeness (QED) is 0.806. The molecule has 1 aliphatic heterocycles. The van der Waals surface area contributed by atoms with E-state index in [1.165, 1.54) is 0 Å². The van der Waals surface area contributed by atoms with Crippen LogP contribution < -0.4 is 5.32 Å². The van der Waals surface area contributed by atoms with Gasteiger partial charge in [-0.15, -0.1) is 0 Å². The molecular weight excluding hydrogens is 300 g/mol. The third-order valence-corrected chi connectivity index (χ3v) is 3.79. The number of carbonyl (C=O) groups excluding carboxylic acids is 2. The highest BCUT2D eigenvalue weighted by molar-refractivity contribution is 5.87. The van der Waals surface area contributed by atoms with E-state index >= 15 is 0 Å². The number of carbonyl (C=O) groups is 3. The molecule has 1 fully saturated rings. The second-order valence-corrected chi connectivity index (χ2v) is 6.89. The van der Waals surface area contributed by atoms with Crippen molar-refractivity contribution in [2.75, 3.05) is 6.54 Å². The van der Waals surface area contributed by atoms with Crippen molar-refractivity contribution in [2.24, 2.45) is 0 Å². The van der Waals surface area contributed by atoms with Crippen LogP contribution in [0, 0.1) is 0 Å². The summed E-state index contributed by atoms with van der Waals surface area (Å²) in [5.41, 5.74) is -0.725. The summed E-state index contributed by atoms with van der Waals surface area (Å²) in [7, 11) is 0. The van der Waals surface area contributed by atoms with E-state index in [0.717, 1.165) is 25.7 Å². The first-order chi connectivity index (χ1) is 10.6. The van der Waals surface area contributed by atoms with E-state index in [4.69, 9.17) is 4.74 Å². The van der Waals surface area contributed by atoms with Gasteiger partial charge in [0.25, 0.3) is 0 Å². The van der Waals surface area contributed by atoms with Gasteiger partial charge in [0.15, 0.2) is 0 Å². The van der Waals surface area contributed by atoms with Gasteiger partial charge < -0.3 is 20.1 Å². The van der Waals surface area contributed by atoms with Gasteiger partial charge in [0.2, 0.25) is 5.91 Å². The van der Waals surface area contributed by atoms with Crippen molar-refractivity contribution in [3.63, 3.8) is 0 Å². The van der Waals surface area contributed by atoms with Crippen LogP contribution in [0.25, 0.3) is 0 Å². The van der Waals surface area contributed by atoms with E-state index in [0.29, 0.717) is 6.54 Å². The molecule has 1 heterocycles. The first-order valence-electron chi connectivity index (χ1n) is 8.16. The molecule has 23 heavy (non-hydrogen) atoms. The SMILES string of the molecule is CC[C@H]1CCCCN1C(=O)CC(NC(=O)OC(C)(C)C)C(=O)O. The van der Waals surface area contributed by atoms with Crippen LogP contribution >= 0.6 is 0 Å². The number of hydrogen-bond donors (Lipinski definition) is 2. The molecule has 132 valence electrons. The Bertz CT molecular complexity index is 444. The minimum absolute atomic E-state index is 0.159. The average Bonchev–Trinajstić information content (AvgIpc) is 2.44. The van der Waals surface area contributed by atoms with Crippen LogP contribution in [0.5, 0.6) is 0 Å². The standard InChI is InChI=1S/C16H28N2O5/c1-5-11-8-6-7-9-18(11)13(19)10-12(14(20)21)17-15(22)23-16(2,3)4/h11-12H,5-10H2,1-4H3,(H,17,22)(H,20,21)/t11-,12?/m0/s1. The van der Waals surface area contributed by atoms with Crippen LogP contribution in [0.4, 0.5) is 4.79 Å². The van der Waals surface area contributed by atoms with E-state index in [-0.39, 0.29) is 18.4 Å². The Morgan fingerprint density at radius 2 is 1.96 bits per heavy atom. The summed E-state index contributed by atoms with van der Waals surface area (Å²) in [5.74, 6) is -1.48. The van der Waals surface area contributed by atoms with Crippen LogP contribution in [-0.4, -0.2) is 52.2 Å². The number of likely N-dealkylation sites (tertiary alicyclic amines) is 1. The van der Waals surface area contributed by atoms with E-state index in [1.807, 2.05) is 6.92 Å². The Labute approximate surface area is 137 Å². The van der Waals surface area contributed by atoms with Gasteiger partial charge in [-0.1, -0.05) is 6.92 Å². The molecule has 0 aromatic carbocycles. The predicted octanol–water partition coefficient (Wildman–Crippen LogP) is 2.15. The fourth-order valence-electron chi connectivity index (χ4n) is 2.70. The smallest absolute Gasteiger partial charge is 0.408 e. The lowest BCUT2D eigenvalue weighted by molar-refractivity contribution is -0.144. The largest absolute Gasteiger partial charge is 0.480 e. The van der Waals surface area contributed by atoms with E-state index < -0.39 is 23.7 Å². The summed E-state index contributed by atoms with van der Waals surface area (Å²) in [4.78, 5) is 37.2. The summed E-state index contributed by atoms with van der Waals surface area (Å²) in [6, 6.07) is -1.12. The molecule has 2 amide bonds. The number of aliphatic carboxylic acids is 1. The van der Waals surface area contributed by atoms with Crippen molar-refractivity contribution < 1.29 is 24.2 Å². The monoisotopic (exact) mass is 328 g/mol. The minimum Gasteiger partial charge on any atom is -0.480 e. The molecule has 0 spiro atoms. The number of rotatable bonds is 5. The van der Waals surface area contributed by atoms with Gasteiger partial charge in [0.1, 0.15) is 11.6 Å². The number of hydrogen-bond acceptors (Lipinski definition) is 4. The second kappa shape index (κ2) is 8.17. The Kier molecular flexibility index (Phi) is 6.84. The molecule has 0 aliphatic carbocycles. The van der Waals surface area contributed by atoms with Crippen LogP contribution in [0.3, 0.4) is 0 Å². The lowest BCUT2D eigenvalue weighted by atomic mass is 9.99. The number of nitrogens with zero attached hydrogens (tertiary/aromatic N) is 1. The molecule has 1 unspecified atom stereocenters. The summed E-state index contributed by atoms with van der Waals surface area (Å²) < 4.78 is 5.05. The fourth-order valence-corrected chi connectivity index (χ4v) is 2.70. The maximum atomic E-state index is 12.4. The molecule has 0 saturated carbocycles. The molecule has 7 heteroatoms. The third kappa shape index (κ3) is 6.46. The first kappa shape index (κ1) is 19.3. The molecule has 0 bridgehead atoms. The fraction of sp³-hybridized carbons (Fsp3) is 0.812. The van der Waals surface area contributed by atoms with Crippen molar-refractivity contribution >= 4 is 18.0 Å². The molecule has 0 radical (unpaired) electrons. The molecular formula is C16H28N2O5. The maximum Gasteiger partial charge on any atom is 0.408 e. The normalized spacial score (nSPS) is 19.8. The van der Waals surface area contributed by atoms with Gasteiger partial charge in [0, 0.05) is 12.6 Å². The molecule has 1 aliphatic rings. The number of nitrogens with one attached hydrogen (secondary N) is 1. The Hall–Kier alpha value is -1.79. The maximum absolute atomic E-state index is 12.4. The Morgan fingerprint density at radius 3 is 2.48 bits per heavy atom. The number of piperidine rings is 1. The molecule has 1 saturated heterocycles. The summed E-state index contributed by atoms with van der Waals surface area (Å²) in [6.07, 6.45) is 2.72. The van der Waals surface area contributed by atoms with Crippen molar-refractivity contribution in [2.45, 2.75) is 77.5 Å².